The fraction of sp³-hybridized carbons (Fsp3) is 0.167. The maximum Gasteiger partial charge on any atom is 0.313 e. The Morgan fingerprint density at radius 1 is 1.50 bits per heavy atom. The third kappa shape index (κ3) is 2.38. The summed E-state index contributed by atoms with van der Waals surface area (Å²) in [4.78, 5) is 15.9. The quantitative estimate of drug-likeness (QED) is 0.884. The number of aromatic nitrogens is 2. The lowest BCUT2D eigenvalue weighted by Gasteiger charge is -2.09. The van der Waals surface area contributed by atoms with E-state index in [0.717, 1.165) is 0 Å². The number of aryl methyl sites for hydroxylation is 1. The molecule has 0 atom stereocenters. The number of nitrogen functional groups attached to an aromatic ring is 1. The molecule has 2 rings (SSSR count). The predicted octanol–water partition coefficient (Wildman–Crippen LogP) is 2.40. The van der Waals surface area contributed by atoms with Gasteiger partial charge in [-0.1, -0.05) is 6.07 Å². The van der Waals surface area contributed by atoms with Gasteiger partial charge in [-0.3, -0.25) is 4.79 Å². The van der Waals surface area contributed by atoms with Crippen molar-refractivity contribution in [3.63, 3.8) is 0 Å². The van der Waals surface area contributed by atoms with Crippen molar-refractivity contribution in [2.75, 3.05) is 5.73 Å². The number of hydrogen-bond acceptors (Lipinski definition) is 4. The minimum Gasteiger partial charge on any atom is -0.433 e. The summed E-state index contributed by atoms with van der Waals surface area (Å²) in [5.41, 5.74) is 6.01. The zero-order chi connectivity index (χ0) is 13.1. The average Bonchev–Trinajstić information content (AvgIpc) is 2.37. The third-order valence-corrected chi connectivity index (χ3v) is 3.27. The van der Waals surface area contributed by atoms with E-state index in [1.165, 1.54) is 10.8 Å². The molecule has 0 saturated carbocycles. The van der Waals surface area contributed by atoms with Crippen LogP contribution in [0.2, 0.25) is 0 Å². The minimum atomic E-state index is -0.269. The van der Waals surface area contributed by atoms with Crippen LogP contribution in [0, 0.1) is 0 Å². The number of nitrogens with two attached hydrogens (primary N) is 1. The van der Waals surface area contributed by atoms with Crippen molar-refractivity contribution in [3.8, 4) is 11.6 Å². The van der Waals surface area contributed by atoms with Crippen LogP contribution in [0.25, 0.3) is 0 Å². The normalized spacial score (nSPS) is 10.3. The molecule has 0 radical (unpaired) electrons. The van der Waals surface area contributed by atoms with Crippen LogP contribution in [0.5, 0.6) is 11.6 Å². The first-order valence-corrected chi connectivity index (χ1v) is 6.20. The van der Waals surface area contributed by atoms with Gasteiger partial charge in [-0.25, -0.2) is 4.98 Å². The van der Waals surface area contributed by atoms with E-state index in [0.29, 0.717) is 22.5 Å². The second-order valence-electron chi connectivity index (χ2n) is 3.58. The Bertz CT molecular complexity index is 625. The molecule has 0 saturated heterocycles. The Balaban J connectivity index is 2.41. The molecule has 0 amide bonds. The molecule has 2 N–H and O–H groups in total. The Hall–Kier alpha value is -1.82. The van der Waals surface area contributed by atoms with Gasteiger partial charge < -0.3 is 15.0 Å². The van der Waals surface area contributed by atoms with Gasteiger partial charge in [0.15, 0.2) is 0 Å². The lowest BCUT2D eigenvalue weighted by molar-refractivity contribution is 0.443. The fourth-order valence-corrected chi connectivity index (χ4v) is 1.80. The Kier molecular flexibility index (Phi) is 3.66. The molecule has 1 aromatic heterocycles. The summed E-state index contributed by atoms with van der Waals surface area (Å²) in [6.45, 7) is 2.44. The first-order valence-electron chi connectivity index (χ1n) is 5.40. The van der Waals surface area contributed by atoms with Crippen molar-refractivity contribution in [1.29, 1.82) is 0 Å². The second kappa shape index (κ2) is 5.22. The van der Waals surface area contributed by atoms with Crippen LogP contribution in [-0.4, -0.2) is 9.55 Å². The van der Waals surface area contributed by atoms with Crippen molar-refractivity contribution in [2.24, 2.45) is 0 Å². The summed E-state index contributed by atoms with van der Waals surface area (Å²) in [5.74, 6) is 0.499. The van der Waals surface area contributed by atoms with Crippen molar-refractivity contribution in [1.82, 2.24) is 9.55 Å². The highest BCUT2D eigenvalue weighted by Crippen LogP contribution is 2.32. The summed E-state index contributed by atoms with van der Waals surface area (Å²) in [6, 6.07) is 5.20. The number of halogens is 1. The summed E-state index contributed by atoms with van der Waals surface area (Å²) in [5, 5.41) is 0. The molecule has 1 heterocycles. The molecule has 1 aromatic carbocycles. The van der Waals surface area contributed by atoms with E-state index in [1.54, 1.807) is 24.4 Å². The van der Waals surface area contributed by atoms with E-state index in [1.807, 2.05) is 6.92 Å². The Morgan fingerprint density at radius 2 is 2.28 bits per heavy atom. The van der Waals surface area contributed by atoms with Gasteiger partial charge in [-0.05, 0) is 35.0 Å². The highest BCUT2D eigenvalue weighted by atomic mass is 79.9. The van der Waals surface area contributed by atoms with Crippen LogP contribution in [0.4, 0.5) is 5.69 Å². The zero-order valence-electron chi connectivity index (χ0n) is 9.76. The fourth-order valence-electron chi connectivity index (χ4n) is 1.46. The summed E-state index contributed by atoms with van der Waals surface area (Å²) < 4.78 is 7.62. The largest absolute Gasteiger partial charge is 0.433 e. The van der Waals surface area contributed by atoms with Crippen molar-refractivity contribution in [3.05, 3.63) is 45.4 Å². The van der Waals surface area contributed by atoms with Crippen molar-refractivity contribution >= 4 is 21.6 Å². The average molecular weight is 310 g/mol. The van der Waals surface area contributed by atoms with Gasteiger partial charge in [-0.15, -0.1) is 0 Å². The molecule has 0 aliphatic rings. The number of anilines is 1. The molecule has 0 spiro atoms. The van der Waals surface area contributed by atoms with Gasteiger partial charge in [-0.2, -0.15) is 0 Å². The highest BCUT2D eigenvalue weighted by molar-refractivity contribution is 9.10. The lowest BCUT2D eigenvalue weighted by atomic mass is 10.3. The van der Waals surface area contributed by atoms with E-state index >= 15 is 0 Å². The van der Waals surface area contributed by atoms with Crippen molar-refractivity contribution < 1.29 is 4.74 Å². The van der Waals surface area contributed by atoms with E-state index in [2.05, 4.69) is 20.9 Å². The molecular weight excluding hydrogens is 298 g/mol. The topological polar surface area (TPSA) is 70.1 Å². The zero-order valence-corrected chi connectivity index (χ0v) is 11.3. The van der Waals surface area contributed by atoms with Crippen LogP contribution in [0.3, 0.4) is 0 Å². The van der Waals surface area contributed by atoms with Crippen LogP contribution >= 0.6 is 15.9 Å². The Morgan fingerprint density at radius 3 is 3.00 bits per heavy atom. The van der Waals surface area contributed by atoms with Gasteiger partial charge in [0.2, 0.25) is 0 Å². The van der Waals surface area contributed by atoms with Crippen LogP contribution < -0.4 is 16.0 Å². The van der Waals surface area contributed by atoms with Crippen molar-refractivity contribution in [2.45, 2.75) is 13.5 Å². The van der Waals surface area contributed by atoms with Crippen LogP contribution in [0.15, 0.2) is 39.9 Å². The first kappa shape index (κ1) is 12.6. The SMILES string of the molecule is CCn1ccnc(Oc2cccc(N)c2Br)c1=O. The molecule has 94 valence electrons. The molecule has 6 heteroatoms. The standard InChI is InChI=1S/C12H12BrN3O2/c1-2-16-7-6-15-11(12(16)17)18-9-5-3-4-8(14)10(9)13/h3-7H,2,14H2,1H3. The summed E-state index contributed by atoms with van der Waals surface area (Å²) >= 11 is 3.31. The van der Waals surface area contributed by atoms with E-state index in [9.17, 15) is 4.79 Å². The molecule has 5 nitrogen and oxygen atoms in total. The van der Waals surface area contributed by atoms with Gasteiger partial charge >= 0.3 is 5.56 Å². The van der Waals surface area contributed by atoms with Crippen LogP contribution in [0.1, 0.15) is 6.92 Å². The van der Waals surface area contributed by atoms with Crippen LogP contribution in [-0.2, 0) is 6.54 Å². The maximum atomic E-state index is 11.9. The second-order valence-corrected chi connectivity index (χ2v) is 4.38. The lowest BCUT2D eigenvalue weighted by Crippen LogP contribution is -2.20. The van der Waals surface area contributed by atoms with E-state index in [-0.39, 0.29) is 11.4 Å². The number of rotatable bonds is 3. The molecule has 0 fully saturated rings. The molecule has 18 heavy (non-hydrogen) atoms. The number of nitrogens with zero attached hydrogens (tertiary/aromatic N) is 2. The molecular formula is C12H12BrN3O2. The van der Waals surface area contributed by atoms with Gasteiger partial charge in [0.05, 0.1) is 4.47 Å². The number of ether oxygens (including phenoxy) is 1. The molecule has 2 aromatic rings. The van der Waals surface area contributed by atoms with Gasteiger partial charge in [0, 0.05) is 24.6 Å². The predicted molar refractivity (Wildman–Crippen MR) is 72.8 cm³/mol. The van der Waals surface area contributed by atoms with E-state index < -0.39 is 0 Å². The summed E-state index contributed by atoms with van der Waals surface area (Å²) in [7, 11) is 0. The molecule has 0 aliphatic carbocycles. The number of hydrogen-bond donors (Lipinski definition) is 1. The minimum absolute atomic E-state index is 0.0330. The molecule has 0 aliphatic heterocycles. The van der Waals surface area contributed by atoms with E-state index in [4.69, 9.17) is 10.5 Å². The highest BCUT2D eigenvalue weighted by Gasteiger charge is 2.10. The molecule has 0 bridgehead atoms. The number of benzene rings is 1. The first-order chi connectivity index (χ1) is 8.63. The monoisotopic (exact) mass is 309 g/mol. The summed E-state index contributed by atoms with van der Waals surface area (Å²) in [6.07, 6.45) is 3.14. The smallest absolute Gasteiger partial charge is 0.313 e. The maximum absolute atomic E-state index is 11.9. The Labute approximate surface area is 112 Å². The van der Waals surface area contributed by atoms with Gasteiger partial charge in [0.1, 0.15) is 5.75 Å². The molecule has 0 unspecified atom stereocenters. The third-order valence-electron chi connectivity index (χ3n) is 2.42. The van der Waals surface area contributed by atoms with Gasteiger partial charge in [0.25, 0.3) is 5.88 Å².